The maximum absolute atomic E-state index is 11.4. The molecular formula is C9H17N3O3S. The highest BCUT2D eigenvalue weighted by molar-refractivity contribution is 7.89. The molecule has 0 bridgehead atoms. The van der Waals surface area contributed by atoms with Crippen LogP contribution in [-0.4, -0.2) is 43.9 Å². The number of aromatic nitrogens is 2. The SMILES string of the molecule is CCOCCS(=O)(=O)NCCc1cnc[nH]1. The van der Waals surface area contributed by atoms with Crippen molar-refractivity contribution in [2.24, 2.45) is 0 Å². The highest BCUT2D eigenvalue weighted by Gasteiger charge is 2.08. The Morgan fingerprint density at radius 3 is 3.00 bits per heavy atom. The molecule has 16 heavy (non-hydrogen) atoms. The zero-order valence-corrected chi connectivity index (χ0v) is 10.1. The summed E-state index contributed by atoms with van der Waals surface area (Å²) in [5, 5.41) is 0. The van der Waals surface area contributed by atoms with Crippen LogP contribution in [0, 0.1) is 0 Å². The molecule has 92 valence electrons. The van der Waals surface area contributed by atoms with Crippen LogP contribution < -0.4 is 4.72 Å². The Labute approximate surface area is 95.5 Å². The summed E-state index contributed by atoms with van der Waals surface area (Å²) in [6.45, 7) is 2.97. The monoisotopic (exact) mass is 247 g/mol. The molecule has 0 radical (unpaired) electrons. The van der Waals surface area contributed by atoms with E-state index >= 15 is 0 Å². The van der Waals surface area contributed by atoms with E-state index in [1.807, 2.05) is 6.92 Å². The number of imidazole rings is 1. The van der Waals surface area contributed by atoms with Gasteiger partial charge in [-0.15, -0.1) is 0 Å². The lowest BCUT2D eigenvalue weighted by Crippen LogP contribution is -2.30. The maximum atomic E-state index is 11.4. The molecule has 0 saturated heterocycles. The predicted octanol–water partition coefficient (Wildman–Crippen LogP) is -0.0919. The number of hydrogen-bond donors (Lipinski definition) is 2. The van der Waals surface area contributed by atoms with Gasteiger partial charge in [-0.3, -0.25) is 0 Å². The van der Waals surface area contributed by atoms with Crippen LogP contribution in [0.15, 0.2) is 12.5 Å². The minimum atomic E-state index is -3.22. The molecule has 7 heteroatoms. The molecule has 1 aromatic heterocycles. The minimum Gasteiger partial charge on any atom is -0.381 e. The van der Waals surface area contributed by atoms with Crippen LogP contribution in [0.1, 0.15) is 12.6 Å². The van der Waals surface area contributed by atoms with E-state index in [1.165, 1.54) is 0 Å². The van der Waals surface area contributed by atoms with Gasteiger partial charge in [0, 0.05) is 31.5 Å². The Morgan fingerprint density at radius 1 is 1.56 bits per heavy atom. The maximum Gasteiger partial charge on any atom is 0.213 e. The number of ether oxygens (including phenoxy) is 1. The summed E-state index contributed by atoms with van der Waals surface area (Å²) in [4.78, 5) is 6.75. The summed E-state index contributed by atoms with van der Waals surface area (Å²) in [5.41, 5.74) is 0.910. The molecule has 2 N–H and O–H groups in total. The molecule has 1 aromatic rings. The minimum absolute atomic E-state index is 0.00379. The lowest BCUT2D eigenvalue weighted by Gasteiger charge is -2.05. The van der Waals surface area contributed by atoms with Crippen LogP contribution in [0.4, 0.5) is 0 Å². The summed E-state index contributed by atoms with van der Waals surface area (Å²) < 4.78 is 30.3. The summed E-state index contributed by atoms with van der Waals surface area (Å²) in [5.74, 6) is 0.00379. The molecule has 0 amide bonds. The Hall–Kier alpha value is -0.920. The van der Waals surface area contributed by atoms with E-state index in [0.29, 0.717) is 19.6 Å². The van der Waals surface area contributed by atoms with Gasteiger partial charge in [-0.05, 0) is 6.92 Å². The fourth-order valence-electron chi connectivity index (χ4n) is 1.15. The topological polar surface area (TPSA) is 84.1 Å². The number of H-pyrrole nitrogens is 1. The standard InChI is InChI=1S/C9H17N3O3S/c1-2-15-5-6-16(13,14)12-4-3-9-7-10-8-11-9/h7-8,12H,2-6H2,1H3,(H,10,11). The molecule has 0 fully saturated rings. The largest absolute Gasteiger partial charge is 0.381 e. The fraction of sp³-hybridized carbons (Fsp3) is 0.667. The zero-order valence-electron chi connectivity index (χ0n) is 9.27. The van der Waals surface area contributed by atoms with Gasteiger partial charge in [0.1, 0.15) is 0 Å². The molecule has 6 nitrogen and oxygen atoms in total. The highest BCUT2D eigenvalue weighted by atomic mass is 32.2. The van der Waals surface area contributed by atoms with Gasteiger partial charge in [0.2, 0.25) is 10.0 Å². The van der Waals surface area contributed by atoms with Crippen LogP contribution in [-0.2, 0) is 21.2 Å². The van der Waals surface area contributed by atoms with E-state index in [0.717, 1.165) is 5.69 Å². The summed E-state index contributed by atoms with van der Waals surface area (Å²) in [6, 6.07) is 0. The molecule has 0 aromatic carbocycles. The normalized spacial score (nSPS) is 11.8. The summed E-state index contributed by atoms with van der Waals surface area (Å²) in [6.07, 6.45) is 3.85. The first-order valence-electron chi connectivity index (χ1n) is 5.16. The third kappa shape index (κ3) is 5.24. The molecule has 0 aliphatic heterocycles. The van der Waals surface area contributed by atoms with E-state index in [4.69, 9.17) is 4.74 Å². The predicted molar refractivity (Wildman–Crippen MR) is 60.6 cm³/mol. The Balaban J connectivity index is 2.20. The molecule has 1 heterocycles. The average molecular weight is 247 g/mol. The van der Waals surface area contributed by atoms with Gasteiger partial charge < -0.3 is 9.72 Å². The quantitative estimate of drug-likeness (QED) is 0.629. The van der Waals surface area contributed by atoms with Crippen molar-refractivity contribution in [1.82, 2.24) is 14.7 Å². The van der Waals surface area contributed by atoms with Crippen LogP contribution >= 0.6 is 0 Å². The first kappa shape index (κ1) is 13.1. The van der Waals surface area contributed by atoms with Crippen molar-refractivity contribution < 1.29 is 13.2 Å². The fourth-order valence-corrected chi connectivity index (χ4v) is 2.04. The van der Waals surface area contributed by atoms with Gasteiger partial charge >= 0.3 is 0 Å². The second-order valence-electron chi connectivity index (χ2n) is 3.24. The molecule has 0 spiro atoms. The van der Waals surface area contributed by atoms with E-state index < -0.39 is 10.0 Å². The number of aromatic amines is 1. The molecule has 0 aliphatic carbocycles. The number of sulfonamides is 1. The van der Waals surface area contributed by atoms with E-state index in [9.17, 15) is 8.42 Å². The van der Waals surface area contributed by atoms with Gasteiger partial charge in [-0.1, -0.05) is 0 Å². The van der Waals surface area contributed by atoms with E-state index in [-0.39, 0.29) is 12.4 Å². The Kier molecular flexibility index (Phi) is 5.44. The smallest absolute Gasteiger partial charge is 0.213 e. The van der Waals surface area contributed by atoms with Crippen LogP contribution in [0.2, 0.25) is 0 Å². The molecule has 0 atom stereocenters. The van der Waals surface area contributed by atoms with Gasteiger partial charge in [0.25, 0.3) is 0 Å². The zero-order chi connectivity index (χ0) is 11.9. The van der Waals surface area contributed by atoms with Crippen molar-refractivity contribution in [2.45, 2.75) is 13.3 Å². The van der Waals surface area contributed by atoms with Crippen molar-refractivity contribution >= 4 is 10.0 Å². The van der Waals surface area contributed by atoms with Crippen LogP contribution in [0.3, 0.4) is 0 Å². The van der Waals surface area contributed by atoms with Gasteiger partial charge in [-0.25, -0.2) is 18.1 Å². The van der Waals surface area contributed by atoms with Gasteiger partial charge in [-0.2, -0.15) is 0 Å². The Bertz CT molecular complexity index is 375. The molecule has 0 aliphatic rings. The van der Waals surface area contributed by atoms with Crippen molar-refractivity contribution in [1.29, 1.82) is 0 Å². The molecule has 0 unspecified atom stereocenters. The molecule has 1 rings (SSSR count). The second kappa shape index (κ2) is 6.62. The van der Waals surface area contributed by atoms with Gasteiger partial charge in [0.15, 0.2) is 0 Å². The third-order valence-electron chi connectivity index (χ3n) is 1.97. The third-order valence-corrected chi connectivity index (χ3v) is 3.32. The number of nitrogens with one attached hydrogen (secondary N) is 2. The van der Waals surface area contributed by atoms with Crippen molar-refractivity contribution in [3.05, 3.63) is 18.2 Å². The van der Waals surface area contributed by atoms with E-state index in [2.05, 4.69) is 14.7 Å². The number of rotatable bonds is 8. The van der Waals surface area contributed by atoms with Crippen LogP contribution in [0.5, 0.6) is 0 Å². The molecular weight excluding hydrogens is 230 g/mol. The highest BCUT2D eigenvalue weighted by Crippen LogP contribution is 1.92. The average Bonchev–Trinajstić information content (AvgIpc) is 2.70. The first-order chi connectivity index (χ1) is 7.64. The Morgan fingerprint density at radius 2 is 2.38 bits per heavy atom. The summed E-state index contributed by atoms with van der Waals surface area (Å²) >= 11 is 0. The second-order valence-corrected chi connectivity index (χ2v) is 5.16. The lowest BCUT2D eigenvalue weighted by molar-refractivity contribution is 0.163. The first-order valence-corrected chi connectivity index (χ1v) is 6.81. The number of hydrogen-bond acceptors (Lipinski definition) is 4. The van der Waals surface area contributed by atoms with Crippen molar-refractivity contribution in [3.8, 4) is 0 Å². The van der Waals surface area contributed by atoms with Gasteiger partial charge in [0.05, 0.1) is 18.7 Å². The lowest BCUT2D eigenvalue weighted by atomic mass is 10.3. The van der Waals surface area contributed by atoms with Crippen LogP contribution in [0.25, 0.3) is 0 Å². The summed E-state index contributed by atoms with van der Waals surface area (Å²) in [7, 11) is -3.22. The van der Waals surface area contributed by atoms with Crippen molar-refractivity contribution in [3.63, 3.8) is 0 Å². The number of nitrogens with zero attached hydrogens (tertiary/aromatic N) is 1. The van der Waals surface area contributed by atoms with Crippen molar-refractivity contribution in [2.75, 3.05) is 25.5 Å². The molecule has 0 saturated carbocycles. The van der Waals surface area contributed by atoms with E-state index in [1.54, 1.807) is 12.5 Å².